The maximum Gasteiger partial charge on any atom is 0.259 e. The van der Waals surface area contributed by atoms with Gasteiger partial charge >= 0.3 is 0 Å². The minimum Gasteiger partial charge on any atom is -0.390 e. The molecule has 188 valence electrons. The number of nitrogens with zero attached hydrogens (tertiary/aromatic N) is 1. The summed E-state index contributed by atoms with van der Waals surface area (Å²) in [4.78, 5) is 19.2. The fourth-order valence-electron chi connectivity index (χ4n) is 6.99. The number of fused-ring (bicyclic) bond motifs is 2. The van der Waals surface area contributed by atoms with Crippen LogP contribution in [0.5, 0.6) is 0 Å². The van der Waals surface area contributed by atoms with Gasteiger partial charge in [-0.1, -0.05) is 44.0 Å². The number of aliphatic hydroxyl groups is 1. The molecule has 36 heavy (non-hydrogen) atoms. The highest BCUT2D eigenvalue weighted by Gasteiger charge is 2.57. The first-order valence-corrected chi connectivity index (χ1v) is 14.0. The Labute approximate surface area is 216 Å². The van der Waals surface area contributed by atoms with E-state index in [1.807, 2.05) is 6.92 Å². The van der Waals surface area contributed by atoms with Crippen LogP contribution < -0.4 is 10.6 Å². The van der Waals surface area contributed by atoms with Crippen LogP contribution >= 0.6 is 11.3 Å². The van der Waals surface area contributed by atoms with Gasteiger partial charge in [0.05, 0.1) is 10.5 Å². The Morgan fingerprint density at radius 3 is 2.69 bits per heavy atom. The van der Waals surface area contributed by atoms with Crippen LogP contribution in [0, 0.1) is 5.41 Å². The van der Waals surface area contributed by atoms with Crippen LogP contribution in [0.4, 0.5) is 5.69 Å². The molecule has 1 saturated heterocycles. The van der Waals surface area contributed by atoms with E-state index in [1.54, 1.807) is 11.3 Å². The zero-order valence-electron chi connectivity index (χ0n) is 21.1. The quantitative estimate of drug-likeness (QED) is 0.263. The molecule has 1 aliphatic heterocycles. The summed E-state index contributed by atoms with van der Waals surface area (Å²) >= 11 is 1.55. The Kier molecular flexibility index (Phi) is 5.65. The summed E-state index contributed by atoms with van der Waals surface area (Å²) in [5, 5.41) is 12.6. The number of aromatic nitrogens is 1. The lowest BCUT2D eigenvalue weighted by Gasteiger charge is -2.62. The van der Waals surface area contributed by atoms with E-state index in [9.17, 15) is 9.90 Å². The van der Waals surface area contributed by atoms with Crippen molar-refractivity contribution >= 4 is 43.9 Å². The monoisotopic (exact) mass is 501 g/mol. The summed E-state index contributed by atoms with van der Waals surface area (Å²) in [5.74, 6) is -0.0940. The minimum atomic E-state index is -0.493. The first-order valence-electron chi connectivity index (χ1n) is 13.2. The molecule has 0 bridgehead atoms. The number of aromatic amines is 1. The van der Waals surface area contributed by atoms with Gasteiger partial charge in [-0.2, -0.15) is 0 Å². The first kappa shape index (κ1) is 23.6. The molecule has 3 heterocycles. The smallest absolute Gasteiger partial charge is 0.259 e. The van der Waals surface area contributed by atoms with Crippen molar-refractivity contribution < 1.29 is 9.90 Å². The number of nitrogens with one attached hydrogen (secondary N) is 1. The third-order valence-electron chi connectivity index (χ3n) is 8.32. The van der Waals surface area contributed by atoms with Crippen LogP contribution in [0.1, 0.15) is 72.7 Å². The van der Waals surface area contributed by atoms with Crippen LogP contribution in [0.15, 0.2) is 48.7 Å². The molecular weight excluding hydrogens is 466 g/mol. The Bertz CT molecular complexity index is 1430. The van der Waals surface area contributed by atoms with Crippen LogP contribution in [-0.4, -0.2) is 34.7 Å². The van der Waals surface area contributed by atoms with E-state index < -0.39 is 5.60 Å². The van der Waals surface area contributed by atoms with Crippen molar-refractivity contribution in [2.24, 2.45) is 11.1 Å². The molecule has 4 N–H and O–H groups in total. The predicted octanol–water partition coefficient (Wildman–Crippen LogP) is 6.35. The summed E-state index contributed by atoms with van der Waals surface area (Å²) in [6, 6.07) is 15.1. The first-order chi connectivity index (χ1) is 17.3. The number of H-pyrrole nitrogens is 1. The standard InChI is InChI=1S/C30H35N3O2S/c1-3-4-7-19(12-20-14-32-24-9-6-5-8-22(20)24)26-23-11-10-21(13-25(23)36-27(26)28(31)34)33-17-30(18-33)15-29(2,35)16-30/h5-6,8-11,13-14,19,32,35H,3-4,7,12,15-18H2,1-2H3,(H2,31,34). The van der Waals surface area contributed by atoms with E-state index in [1.165, 1.54) is 22.0 Å². The maximum absolute atomic E-state index is 12.7. The van der Waals surface area contributed by atoms with Crippen molar-refractivity contribution in [2.45, 2.75) is 63.9 Å². The van der Waals surface area contributed by atoms with E-state index in [4.69, 9.17) is 5.73 Å². The van der Waals surface area contributed by atoms with Gasteiger partial charge in [-0.25, -0.2) is 0 Å². The molecule has 5 nitrogen and oxygen atoms in total. The molecule has 4 aromatic rings. The number of hydrogen-bond donors (Lipinski definition) is 3. The van der Waals surface area contributed by atoms with Crippen molar-refractivity contribution in [1.82, 2.24) is 4.98 Å². The Morgan fingerprint density at radius 2 is 1.97 bits per heavy atom. The van der Waals surface area contributed by atoms with Gasteiger partial charge in [0.15, 0.2) is 0 Å². The number of unbranched alkanes of at least 4 members (excludes halogenated alkanes) is 1. The van der Waals surface area contributed by atoms with Gasteiger partial charge in [-0.15, -0.1) is 11.3 Å². The largest absolute Gasteiger partial charge is 0.390 e. The number of hydrogen-bond acceptors (Lipinski definition) is 4. The molecule has 2 aliphatic rings. The summed E-state index contributed by atoms with van der Waals surface area (Å²) in [6.45, 7) is 6.15. The Morgan fingerprint density at radius 1 is 1.19 bits per heavy atom. The van der Waals surface area contributed by atoms with Crippen molar-refractivity contribution in [3.63, 3.8) is 0 Å². The molecule has 6 heteroatoms. The second-order valence-electron chi connectivity index (χ2n) is 11.5. The lowest BCUT2D eigenvalue weighted by atomic mass is 9.56. The van der Waals surface area contributed by atoms with E-state index in [2.05, 4.69) is 65.5 Å². The number of carbonyl (C=O) groups is 1. The van der Waals surface area contributed by atoms with Crippen molar-refractivity contribution in [3.8, 4) is 0 Å². The number of benzene rings is 2. The highest BCUT2D eigenvalue weighted by Crippen LogP contribution is 2.55. The van der Waals surface area contributed by atoms with Crippen LogP contribution in [0.3, 0.4) is 0 Å². The summed E-state index contributed by atoms with van der Waals surface area (Å²) in [6.07, 6.45) is 8.04. The Balaban J connectivity index is 1.34. The molecule has 2 fully saturated rings. The second kappa shape index (κ2) is 8.63. The van der Waals surface area contributed by atoms with Crippen molar-refractivity contribution in [1.29, 1.82) is 0 Å². The van der Waals surface area contributed by atoms with Crippen LogP contribution in [-0.2, 0) is 6.42 Å². The molecule has 1 amide bonds. The molecule has 2 aromatic heterocycles. The van der Waals surface area contributed by atoms with Gasteiger partial charge < -0.3 is 20.7 Å². The molecule has 1 saturated carbocycles. The topological polar surface area (TPSA) is 82.4 Å². The predicted molar refractivity (Wildman–Crippen MR) is 149 cm³/mol. The fraction of sp³-hybridized carbons (Fsp3) is 0.433. The third kappa shape index (κ3) is 4.00. The lowest BCUT2D eigenvalue weighted by Crippen LogP contribution is -2.67. The highest BCUT2D eigenvalue weighted by molar-refractivity contribution is 7.21. The molecule has 0 radical (unpaired) electrons. The molecule has 1 aliphatic carbocycles. The minimum absolute atomic E-state index is 0.232. The summed E-state index contributed by atoms with van der Waals surface area (Å²) in [5.41, 5.74) is 10.5. The average Bonchev–Trinajstić information content (AvgIpc) is 3.39. The van der Waals surface area contributed by atoms with Gasteiger partial charge in [-0.05, 0) is 73.2 Å². The van der Waals surface area contributed by atoms with E-state index in [0.717, 1.165) is 67.4 Å². The van der Waals surface area contributed by atoms with Crippen molar-refractivity contribution in [3.05, 3.63) is 64.7 Å². The van der Waals surface area contributed by atoms with Gasteiger partial charge in [0, 0.05) is 46.0 Å². The number of nitrogens with two attached hydrogens (primary N) is 1. The van der Waals surface area contributed by atoms with Crippen LogP contribution in [0.25, 0.3) is 21.0 Å². The normalized spacial score (nSPS) is 18.9. The summed E-state index contributed by atoms with van der Waals surface area (Å²) < 4.78 is 1.14. The molecule has 1 unspecified atom stereocenters. The molecule has 2 aromatic carbocycles. The van der Waals surface area contributed by atoms with E-state index in [0.29, 0.717) is 4.88 Å². The average molecular weight is 502 g/mol. The molecule has 6 rings (SSSR count). The lowest BCUT2D eigenvalue weighted by molar-refractivity contribution is -0.126. The number of amides is 1. The van der Waals surface area contributed by atoms with Gasteiger partial charge in [0.25, 0.3) is 5.91 Å². The van der Waals surface area contributed by atoms with Gasteiger partial charge in [-0.3, -0.25) is 4.79 Å². The zero-order chi connectivity index (χ0) is 25.1. The molecular formula is C30H35N3O2S. The fourth-order valence-corrected chi connectivity index (χ4v) is 8.16. The van der Waals surface area contributed by atoms with E-state index in [-0.39, 0.29) is 17.2 Å². The molecule has 1 spiro atoms. The Hall–Kier alpha value is -2.83. The molecule has 1 atom stereocenters. The van der Waals surface area contributed by atoms with Crippen molar-refractivity contribution in [2.75, 3.05) is 18.0 Å². The SMILES string of the molecule is CCCCC(Cc1c[nH]c2ccccc12)c1c(C(N)=O)sc2cc(N3CC4(C3)CC(C)(O)C4)ccc12. The number of rotatable bonds is 8. The van der Waals surface area contributed by atoms with Gasteiger partial charge in [0.2, 0.25) is 0 Å². The van der Waals surface area contributed by atoms with Gasteiger partial charge in [0.1, 0.15) is 0 Å². The number of carbonyl (C=O) groups excluding carboxylic acids is 1. The summed E-state index contributed by atoms with van der Waals surface area (Å²) in [7, 11) is 0. The van der Waals surface area contributed by atoms with Crippen LogP contribution in [0.2, 0.25) is 0 Å². The highest BCUT2D eigenvalue weighted by atomic mass is 32.1. The third-order valence-corrected chi connectivity index (χ3v) is 9.50. The number of para-hydroxylation sites is 1. The maximum atomic E-state index is 12.7. The number of primary amides is 1. The van der Waals surface area contributed by atoms with E-state index >= 15 is 0 Å². The zero-order valence-corrected chi connectivity index (χ0v) is 22.0. The second-order valence-corrected chi connectivity index (χ2v) is 12.6. The number of anilines is 1. The number of thiophene rings is 1.